The summed E-state index contributed by atoms with van der Waals surface area (Å²) in [5.41, 5.74) is 0.907. The van der Waals surface area contributed by atoms with E-state index in [0.29, 0.717) is 26.2 Å². The Hall–Kier alpha value is -2.58. The maximum absolute atomic E-state index is 13.9. The van der Waals surface area contributed by atoms with Crippen LogP contribution in [-0.4, -0.2) is 73.7 Å². The van der Waals surface area contributed by atoms with Crippen molar-refractivity contribution in [2.75, 3.05) is 52.9 Å². The number of hydrogen-bond donors (Lipinski definition) is 1. The van der Waals surface area contributed by atoms with Gasteiger partial charge in [0.15, 0.2) is 11.6 Å². The zero-order chi connectivity index (χ0) is 22.3. The maximum Gasteiger partial charge on any atom is 0.317 e. The predicted molar refractivity (Wildman–Crippen MR) is 120 cm³/mol. The van der Waals surface area contributed by atoms with Crippen LogP contribution in [0, 0.1) is 5.82 Å². The van der Waals surface area contributed by atoms with Crippen LogP contribution in [0.4, 0.5) is 9.18 Å². The van der Waals surface area contributed by atoms with Crippen molar-refractivity contribution in [2.24, 2.45) is 0 Å². The Morgan fingerprint density at radius 1 is 1.12 bits per heavy atom. The van der Waals surface area contributed by atoms with E-state index < -0.39 is 0 Å². The number of piperazine rings is 1. The van der Waals surface area contributed by atoms with Crippen molar-refractivity contribution in [3.05, 3.63) is 53.7 Å². The van der Waals surface area contributed by atoms with E-state index in [1.807, 2.05) is 23.1 Å². The van der Waals surface area contributed by atoms with E-state index in [1.165, 1.54) is 32.4 Å². The molecule has 2 aromatic rings. The van der Waals surface area contributed by atoms with Gasteiger partial charge in [-0.05, 0) is 55.8 Å². The van der Waals surface area contributed by atoms with Gasteiger partial charge in [-0.1, -0.05) is 12.5 Å². The van der Waals surface area contributed by atoms with Crippen LogP contribution in [0.1, 0.15) is 36.6 Å². The molecule has 2 aliphatic heterocycles. The van der Waals surface area contributed by atoms with Gasteiger partial charge in [-0.15, -0.1) is 0 Å². The van der Waals surface area contributed by atoms with Gasteiger partial charge in [0, 0.05) is 39.3 Å². The molecule has 3 heterocycles. The molecular weight excluding hydrogens is 411 g/mol. The third kappa shape index (κ3) is 5.61. The van der Waals surface area contributed by atoms with Crippen molar-refractivity contribution in [2.45, 2.75) is 31.8 Å². The molecule has 0 spiro atoms. The van der Waals surface area contributed by atoms with Crippen LogP contribution in [0.15, 0.2) is 41.0 Å². The molecule has 7 nitrogen and oxygen atoms in total. The van der Waals surface area contributed by atoms with Crippen LogP contribution in [0.2, 0.25) is 0 Å². The summed E-state index contributed by atoms with van der Waals surface area (Å²) in [4.78, 5) is 19.3. The van der Waals surface area contributed by atoms with E-state index in [2.05, 4.69) is 15.1 Å². The minimum absolute atomic E-state index is 0.0336. The molecule has 1 aromatic carbocycles. The Balaban J connectivity index is 1.26. The molecule has 0 bridgehead atoms. The average Bonchev–Trinajstić information content (AvgIpc) is 3.35. The molecule has 0 radical (unpaired) electrons. The first-order valence-electron chi connectivity index (χ1n) is 11.5. The van der Waals surface area contributed by atoms with Crippen LogP contribution < -0.4 is 10.1 Å². The second-order valence-corrected chi connectivity index (χ2v) is 8.55. The monoisotopic (exact) mass is 444 g/mol. The summed E-state index contributed by atoms with van der Waals surface area (Å²) >= 11 is 0. The van der Waals surface area contributed by atoms with Crippen molar-refractivity contribution in [1.29, 1.82) is 0 Å². The normalized spacial score (nSPS) is 19.0. The average molecular weight is 445 g/mol. The lowest BCUT2D eigenvalue weighted by molar-refractivity contribution is 0.123. The summed E-state index contributed by atoms with van der Waals surface area (Å²) in [6, 6.07) is 9.00. The van der Waals surface area contributed by atoms with Crippen LogP contribution in [0.5, 0.6) is 5.75 Å². The van der Waals surface area contributed by atoms with Gasteiger partial charge in [-0.3, -0.25) is 9.80 Å². The van der Waals surface area contributed by atoms with E-state index >= 15 is 0 Å². The van der Waals surface area contributed by atoms with Gasteiger partial charge in [-0.2, -0.15) is 0 Å². The number of rotatable bonds is 7. The van der Waals surface area contributed by atoms with E-state index in [-0.39, 0.29) is 23.6 Å². The minimum atomic E-state index is -0.345. The predicted octanol–water partition coefficient (Wildman–Crippen LogP) is 3.48. The van der Waals surface area contributed by atoms with Crippen LogP contribution in [-0.2, 0) is 6.54 Å². The summed E-state index contributed by atoms with van der Waals surface area (Å²) in [5, 5.41) is 3.13. The number of ether oxygens (including phenoxy) is 1. The number of nitrogens with zero attached hydrogens (tertiary/aromatic N) is 3. The van der Waals surface area contributed by atoms with E-state index in [0.717, 1.165) is 37.5 Å². The van der Waals surface area contributed by atoms with Gasteiger partial charge >= 0.3 is 6.03 Å². The highest BCUT2D eigenvalue weighted by atomic mass is 19.1. The SMILES string of the molecule is COc1ccc(CN2CCN(C(=O)NC[C@H](c3ccco3)N3CCCCC3)CC2)cc1F. The highest BCUT2D eigenvalue weighted by Crippen LogP contribution is 2.24. The van der Waals surface area contributed by atoms with Crippen LogP contribution in [0.25, 0.3) is 0 Å². The second-order valence-electron chi connectivity index (χ2n) is 8.55. The van der Waals surface area contributed by atoms with E-state index in [4.69, 9.17) is 9.15 Å². The molecule has 2 saturated heterocycles. The molecular formula is C24H33FN4O3. The van der Waals surface area contributed by atoms with Crippen molar-refractivity contribution < 1.29 is 18.3 Å². The first kappa shape index (κ1) is 22.6. The molecule has 4 rings (SSSR count). The molecule has 2 amide bonds. The largest absolute Gasteiger partial charge is 0.494 e. The van der Waals surface area contributed by atoms with Crippen LogP contribution >= 0.6 is 0 Å². The lowest BCUT2D eigenvalue weighted by Gasteiger charge is -2.36. The number of urea groups is 1. The minimum Gasteiger partial charge on any atom is -0.494 e. The third-order valence-electron chi connectivity index (χ3n) is 6.43. The number of hydrogen-bond acceptors (Lipinski definition) is 5. The topological polar surface area (TPSA) is 61.2 Å². The zero-order valence-electron chi connectivity index (χ0n) is 18.8. The van der Waals surface area contributed by atoms with Gasteiger partial charge in [-0.25, -0.2) is 9.18 Å². The summed E-state index contributed by atoms with van der Waals surface area (Å²) in [6.07, 6.45) is 5.33. The van der Waals surface area contributed by atoms with Crippen molar-refractivity contribution in [3.8, 4) is 5.75 Å². The Bertz CT molecular complexity index is 862. The zero-order valence-corrected chi connectivity index (χ0v) is 18.8. The quantitative estimate of drug-likeness (QED) is 0.709. The standard InChI is InChI=1S/C24H33FN4O3/c1-31-22-8-7-19(16-20(22)25)18-27-11-13-29(14-12-27)24(30)26-17-21(23-6-5-15-32-23)28-9-3-2-4-10-28/h5-8,15-16,21H,2-4,9-14,17-18H2,1H3,(H,26,30)/t21-/m1/s1. The summed E-state index contributed by atoms with van der Waals surface area (Å²) in [6.45, 7) is 6.09. The van der Waals surface area contributed by atoms with E-state index in [9.17, 15) is 9.18 Å². The molecule has 0 saturated carbocycles. The fourth-order valence-electron chi connectivity index (χ4n) is 4.59. The Morgan fingerprint density at radius 3 is 2.56 bits per heavy atom. The molecule has 2 fully saturated rings. The number of furan rings is 1. The Labute approximate surface area is 189 Å². The summed E-state index contributed by atoms with van der Waals surface area (Å²) < 4.78 is 24.6. The third-order valence-corrected chi connectivity index (χ3v) is 6.43. The molecule has 32 heavy (non-hydrogen) atoms. The lowest BCUT2D eigenvalue weighted by atomic mass is 10.1. The summed E-state index contributed by atoms with van der Waals surface area (Å²) in [7, 11) is 1.46. The first-order chi connectivity index (χ1) is 15.6. The number of likely N-dealkylation sites (tertiary alicyclic amines) is 1. The van der Waals surface area contributed by atoms with Gasteiger partial charge in [0.2, 0.25) is 0 Å². The number of carbonyl (C=O) groups is 1. The van der Waals surface area contributed by atoms with Crippen LogP contribution in [0.3, 0.4) is 0 Å². The number of methoxy groups -OCH3 is 1. The smallest absolute Gasteiger partial charge is 0.317 e. The summed E-state index contributed by atoms with van der Waals surface area (Å²) in [5.74, 6) is 0.819. The number of benzene rings is 1. The molecule has 8 heteroatoms. The second kappa shape index (κ2) is 10.8. The van der Waals surface area contributed by atoms with Crippen molar-refractivity contribution >= 4 is 6.03 Å². The lowest BCUT2D eigenvalue weighted by Crippen LogP contribution is -2.52. The fourth-order valence-corrected chi connectivity index (χ4v) is 4.59. The van der Waals surface area contributed by atoms with Gasteiger partial charge < -0.3 is 19.4 Å². The fraction of sp³-hybridized carbons (Fsp3) is 0.542. The van der Waals surface area contributed by atoms with Crippen molar-refractivity contribution in [3.63, 3.8) is 0 Å². The number of piperidine rings is 1. The molecule has 174 valence electrons. The number of halogens is 1. The Morgan fingerprint density at radius 2 is 1.91 bits per heavy atom. The number of nitrogens with one attached hydrogen (secondary N) is 1. The number of carbonyl (C=O) groups excluding carboxylic acids is 1. The van der Waals surface area contributed by atoms with E-state index in [1.54, 1.807) is 12.3 Å². The van der Waals surface area contributed by atoms with Gasteiger partial charge in [0.25, 0.3) is 0 Å². The molecule has 1 atom stereocenters. The molecule has 0 unspecified atom stereocenters. The molecule has 0 aliphatic carbocycles. The molecule has 1 aromatic heterocycles. The number of amides is 2. The van der Waals surface area contributed by atoms with Crippen molar-refractivity contribution in [1.82, 2.24) is 20.0 Å². The highest BCUT2D eigenvalue weighted by Gasteiger charge is 2.27. The van der Waals surface area contributed by atoms with Gasteiger partial charge in [0.1, 0.15) is 5.76 Å². The Kier molecular flexibility index (Phi) is 7.65. The van der Waals surface area contributed by atoms with Gasteiger partial charge in [0.05, 0.1) is 19.4 Å². The molecule has 1 N–H and O–H groups in total. The molecule has 2 aliphatic rings. The highest BCUT2D eigenvalue weighted by molar-refractivity contribution is 5.74. The first-order valence-corrected chi connectivity index (χ1v) is 11.5. The maximum atomic E-state index is 13.9.